The molecule has 1 heterocycles. The molecule has 1 aliphatic rings. The van der Waals surface area contributed by atoms with E-state index >= 15 is 0 Å². The van der Waals surface area contributed by atoms with Gasteiger partial charge in [0.1, 0.15) is 0 Å². The zero-order valence-electron chi connectivity index (χ0n) is 16.3. The number of benzene rings is 1. The number of aromatic nitrogens is 1. The number of guanidine groups is 1. The lowest BCUT2D eigenvalue weighted by Crippen LogP contribution is -2.38. The minimum atomic E-state index is 0.325. The van der Waals surface area contributed by atoms with Crippen molar-refractivity contribution in [3.8, 4) is 11.5 Å². The lowest BCUT2D eigenvalue weighted by Gasteiger charge is -2.17. The molecule has 0 bridgehead atoms. The van der Waals surface area contributed by atoms with Crippen molar-refractivity contribution in [3.63, 3.8) is 0 Å². The zero-order chi connectivity index (χ0) is 18.9. The van der Waals surface area contributed by atoms with Crippen LogP contribution < -0.4 is 20.1 Å². The summed E-state index contributed by atoms with van der Waals surface area (Å²) in [7, 11) is 3.47. The smallest absolute Gasteiger partial charge is 0.191 e. The van der Waals surface area contributed by atoms with Gasteiger partial charge in [0.15, 0.2) is 17.5 Å². The van der Waals surface area contributed by atoms with E-state index in [1.165, 1.54) is 12.8 Å². The fraction of sp³-hybridized carbons (Fsp3) is 0.476. The molecule has 2 aromatic rings. The highest BCUT2D eigenvalue weighted by atomic mass is 16.5. The van der Waals surface area contributed by atoms with Crippen LogP contribution in [-0.2, 0) is 13.1 Å². The SMILES string of the molecule is CN=C(NCCn1cccc1)NCc1ccc(OC2CCCC2)c(OC)c1. The molecule has 6 heteroatoms. The van der Waals surface area contributed by atoms with E-state index in [1.807, 2.05) is 24.3 Å². The Hall–Kier alpha value is -2.63. The molecule has 1 saturated carbocycles. The van der Waals surface area contributed by atoms with Gasteiger partial charge in [-0.15, -0.1) is 0 Å². The van der Waals surface area contributed by atoms with Crippen LogP contribution in [0.15, 0.2) is 47.7 Å². The number of hydrogen-bond donors (Lipinski definition) is 2. The van der Waals surface area contributed by atoms with E-state index in [-0.39, 0.29) is 0 Å². The molecule has 27 heavy (non-hydrogen) atoms. The number of aliphatic imine (C=N–C) groups is 1. The summed E-state index contributed by atoms with van der Waals surface area (Å²) in [5.41, 5.74) is 1.12. The summed E-state index contributed by atoms with van der Waals surface area (Å²) in [5, 5.41) is 6.67. The normalized spacial score (nSPS) is 15.0. The van der Waals surface area contributed by atoms with Crippen LogP contribution in [0.1, 0.15) is 31.2 Å². The molecule has 0 atom stereocenters. The standard InChI is InChI=1S/C21H30N4O2/c1-22-21(23-11-14-25-12-5-6-13-25)24-16-17-9-10-19(20(15-17)26-2)27-18-7-3-4-8-18/h5-6,9-10,12-13,15,18H,3-4,7-8,11,14,16H2,1-2H3,(H2,22,23,24). The third kappa shape index (κ3) is 5.67. The molecule has 1 aromatic heterocycles. The lowest BCUT2D eigenvalue weighted by molar-refractivity contribution is 0.200. The molecule has 1 aromatic carbocycles. The third-order valence-electron chi connectivity index (χ3n) is 4.84. The van der Waals surface area contributed by atoms with Gasteiger partial charge in [0.25, 0.3) is 0 Å². The van der Waals surface area contributed by atoms with E-state index in [2.05, 4.69) is 38.7 Å². The lowest BCUT2D eigenvalue weighted by atomic mass is 10.2. The zero-order valence-corrected chi connectivity index (χ0v) is 16.3. The molecule has 0 spiro atoms. The van der Waals surface area contributed by atoms with E-state index in [0.29, 0.717) is 12.6 Å². The van der Waals surface area contributed by atoms with E-state index < -0.39 is 0 Å². The molecule has 6 nitrogen and oxygen atoms in total. The van der Waals surface area contributed by atoms with Gasteiger partial charge in [-0.05, 0) is 55.5 Å². The van der Waals surface area contributed by atoms with Gasteiger partial charge in [0.05, 0.1) is 13.2 Å². The molecule has 146 valence electrons. The van der Waals surface area contributed by atoms with Crippen LogP contribution in [-0.4, -0.2) is 37.3 Å². The van der Waals surface area contributed by atoms with E-state index in [4.69, 9.17) is 9.47 Å². The monoisotopic (exact) mass is 370 g/mol. The second-order valence-electron chi connectivity index (χ2n) is 6.78. The highest BCUT2D eigenvalue weighted by Gasteiger charge is 2.18. The van der Waals surface area contributed by atoms with Gasteiger partial charge in [-0.2, -0.15) is 0 Å². The third-order valence-corrected chi connectivity index (χ3v) is 4.84. The van der Waals surface area contributed by atoms with Crippen LogP contribution in [0.25, 0.3) is 0 Å². The quantitative estimate of drug-likeness (QED) is 0.553. The molecule has 1 aliphatic carbocycles. The van der Waals surface area contributed by atoms with Gasteiger partial charge in [-0.1, -0.05) is 6.07 Å². The molecule has 2 N–H and O–H groups in total. The minimum absolute atomic E-state index is 0.325. The summed E-state index contributed by atoms with van der Waals surface area (Å²) in [5.74, 6) is 2.41. The van der Waals surface area contributed by atoms with Gasteiger partial charge < -0.3 is 24.7 Å². The Labute approximate surface area is 161 Å². The summed E-state index contributed by atoms with van der Waals surface area (Å²) in [6.07, 6.45) is 9.22. The molecule has 0 amide bonds. The van der Waals surface area contributed by atoms with Crippen molar-refractivity contribution in [2.24, 2.45) is 4.99 Å². The van der Waals surface area contributed by atoms with Gasteiger partial charge in [-0.3, -0.25) is 4.99 Å². The number of rotatable bonds is 8. The Balaban J connectivity index is 1.49. The largest absolute Gasteiger partial charge is 0.493 e. The van der Waals surface area contributed by atoms with E-state index in [9.17, 15) is 0 Å². The summed E-state index contributed by atoms with van der Waals surface area (Å²) < 4.78 is 13.8. The summed E-state index contributed by atoms with van der Waals surface area (Å²) in [6.45, 7) is 2.38. The van der Waals surface area contributed by atoms with Crippen molar-refractivity contribution in [1.82, 2.24) is 15.2 Å². The molecule has 0 saturated heterocycles. The number of ether oxygens (including phenoxy) is 2. The predicted octanol–water partition coefficient (Wildman–Crippen LogP) is 3.18. The maximum atomic E-state index is 6.10. The number of nitrogens with zero attached hydrogens (tertiary/aromatic N) is 2. The predicted molar refractivity (Wildman–Crippen MR) is 109 cm³/mol. The minimum Gasteiger partial charge on any atom is -0.493 e. The van der Waals surface area contributed by atoms with Crippen LogP contribution in [0.4, 0.5) is 0 Å². The second-order valence-corrected chi connectivity index (χ2v) is 6.78. The van der Waals surface area contributed by atoms with Crippen molar-refractivity contribution in [3.05, 3.63) is 48.3 Å². The average molecular weight is 370 g/mol. The van der Waals surface area contributed by atoms with Crippen molar-refractivity contribution in [2.45, 2.75) is 44.9 Å². The van der Waals surface area contributed by atoms with Gasteiger partial charge in [0.2, 0.25) is 0 Å². The van der Waals surface area contributed by atoms with Gasteiger partial charge in [0, 0.05) is 39.1 Å². The van der Waals surface area contributed by atoms with Crippen molar-refractivity contribution in [2.75, 3.05) is 20.7 Å². The summed E-state index contributed by atoms with van der Waals surface area (Å²) >= 11 is 0. The first kappa shape index (κ1) is 19.1. The Morgan fingerprint density at radius 2 is 1.93 bits per heavy atom. The molecule has 0 aliphatic heterocycles. The fourth-order valence-electron chi connectivity index (χ4n) is 3.33. The summed E-state index contributed by atoms with van der Waals surface area (Å²) in [6, 6.07) is 10.2. The van der Waals surface area contributed by atoms with E-state index in [1.54, 1.807) is 14.2 Å². The van der Waals surface area contributed by atoms with Crippen LogP contribution in [0.3, 0.4) is 0 Å². The maximum Gasteiger partial charge on any atom is 0.191 e. The van der Waals surface area contributed by atoms with E-state index in [0.717, 1.165) is 49.0 Å². The van der Waals surface area contributed by atoms with Crippen LogP contribution in [0, 0.1) is 0 Å². The highest BCUT2D eigenvalue weighted by molar-refractivity contribution is 5.79. The molecule has 0 unspecified atom stereocenters. The second kappa shape index (κ2) is 9.90. The number of hydrogen-bond acceptors (Lipinski definition) is 3. The van der Waals surface area contributed by atoms with Crippen molar-refractivity contribution in [1.29, 1.82) is 0 Å². The molecule has 3 rings (SSSR count). The highest BCUT2D eigenvalue weighted by Crippen LogP contribution is 2.32. The first-order valence-electron chi connectivity index (χ1n) is 9.67. The number of nitrogens with one attached hydrogen (secondary N) is 2. The Bertz CT molecular complexity index is 722. The van der Waals surface area contributed by atoms with Crippen LogP contribution in [0.2, 0.25) is 0 Å². The Morgan fingerprint density at radius 3 is 2.63 bits per heavy atom. The fourth-order valence-corrected chi connectivity index (χ4v) is 3.33. The van der Waals surface area contributed by atoms with Gasteiger partial charge >= 0.3 is 0 Å². The topological polar surface area (TPSA) is 59.8 Å². The maximum absolute atomic E-state index is 6.10. The molecule has 0 radical (unpaired) electrons. The first-order valence-corrected chi connectivity index (χ1v) is 9.67. The van der Waals surface area contributed by atoms with Crippen molar-refractivity contribution < 1.29 is 9.47 Å². The summed E-state index contributed by atoms with van der Waals surface area (Å²) in [4.78, 5) is 4.28. The Morgan fingerprint density at radius 1 is 1.15 bits per heavy atom. The molecular formula is C21H30N4O2. The molecule has 1 fully saturated rings. The molecular weight excluding hydrogens is 340 g/mol. The van der Waals surface area contributed by atoms with Crippen LogP contribution in [0.5, 0.6) is 11.5 Å². The van der Waals surface area contributed by atoms with Gasteiger partial charge in [-0.25, -0.2) is 0 Å². The van der Waals surface area contributed by atoms with Crippen LogP contribution >= 0.6 is 0 Å². The Kier molecular flexibility index (Phi) is 7.02. The first-order chi connectivity index (χ1) is 13.3. The average Bonchev–Trinajstić information content (AvgIpc) is 3.39. The van der Waals surface area contributed by atoms with Crippen molar-refractivity contribution >= 4 is 5.96 Å². The number of methoxy groups -OCH3 is 1.